The molecule has 1 heterocycles. The van der Waals surface area contributed by atoms with Gasteiger partial charge in [-0.1, -0.05) is 31.2 Å². The van der Waals surface area contributed by atoms with Crippen LogP contribution in [-0.2, 0) is 16.0 Å². The number of carbonyl (C=O) groups is 2. The number of benzene rings is 1. The molecule has 2 aromatic rings. The van der Waals surface area contributed by atoms with E-state index < -0.39 is 5.97 Å². The number of nitrogens with zero attached hydrogens (tertiary/aromatic N) is 1. The maximum absolute atomic E-state index is 11.9. The number of nitrogens with one attached hydrogen (secondary N) is 1. The fourth-order valence-electron chi connectivity index (χ4n) is 2.11. The molecule has 0 aliphatic rings. The minimum Gasteiger partial charge on any atom is -0.452 e. The number of aryl methyl sites for hydroxylation is 1. The Hall–Kier alpha value is -2.69. The van der Waals surface area contributed by atoms with Crippen LogP contribution in [0, 0.1) is 0 Å². The van der Waals surface area contributed by atoms with Crippen molar-refractivity contribution in [3.8, 4) is 0 Å². The molecule has 0 saturated heterocycles. The van der Waals surface area contributed by atoms with E-state index in [2.05, 4.69) is 17.2 Å². The van der Waals surface area contributed by atoms with Crippen LogP contribution in [0.1, 0.15) is 41.4 Å². The summed E-state index contributed by atoms with van der Waals surface area (Å²) in [5.41, 5.74) is 2.63. The number of pyridine rings is 1. The Morgan fingerprint density at radius 3 is 2.39 bits per heavy atom. The highest BCUT2D eigenvalue weighted by Crippen LogP contribution is 2.13. The van der Waals surface area contributed by atoms with Crippen molar-refractivity contribution in [2.45, 2.75) is 26.3 Å². The molecule has 0 unspecified atom stereocenters. The summed E-state index contributed by atoms with van der Waals surface area (Å²) in [6.07, 6.45) is 3.98. The van der Waals surface area contributed by atoms with Crippen molar-refractivity contribution in [2.24, 2.45) is 0 Å². The van der Waals surface area contributed by atoms with Gasteiger partial charge < -0.3 is 10.1 Å². The van der Waals surface area contributed by atoms with E-state index in [9.17, 15) is 9.59 Å². The van der Waals surface area contributed by atoms with Crippen LogP contribution in [0.3, 0.4) is 0 Å². The third kappa shape index (κ3) is 4.92. The van der Waals surface area contributed by atoms with Crippen LogP contribution in [0.4, 0.5) is 0 Å². The summed E-state index contributed by atoms with van der Waals surface area (Å²) in [6, 6.07) is 11.0. The topological polar surface area (TPSA) is 68.3 Å². The summed E-state index contributed by atoms with van der Waals surface area (Å²) in [5.74, 6) is -0.873. The molecule has 0 spiro atoms. The minimum atomic E-state index is -0.539. The fourth-order valence-corrected chi connectivity index (χ4v) is 2.11. The largest absolute Gasteiger partial charge is 0.452 e. The quantitative estimate of drug-likeness (QED) is 0.833. The number of amides is 1. The number of hydrogen-bond donors (Lipinski definition) is 1. The molecule has 23 heavy (non-hydrogen) atoms. The zero-order valence-corrected chi connectivity index (χ0v) is 13.3. The number of ether oxygens (including phenoxy) is 1. The molecule has 5 nitrogen and oxygen atoms in total. The third-order valence-corrected chi connectivity index (χ3v) is 3.52. The van der Waals surface area contributed by atoms with Gasteiger partial charge in [0.1, 0.15) is 0 Å². The maximum atomic E-state index is 11.9. The standard InChI is InChI=1S/C18H20N2O3/c1-3-14-4-6-15(7-5-14)13(2)20-17(21)12-23-18(22)16-8-10-19-11-9-16/h4-11,13H,3,12H2,1-2H3,(H,20,21)/t13-/m1/s1. The first-order valence-corrected chi connectivity index (χ1v) is 7.55. The van der Waals surface area contributed by atoms with Crippen molar-refractivity contribution in [1.82, 2.24) is 10.3 Å². The number of hydrogen-bond acceptors (Lipinski definition) is 4. The molecule has 120 valence electrons. The van der Waals surface area contributed by atoms with Crippen LogP contribution >= 0.6 is 0 Å². The van der Waals surface area contributed by atoms with Gasteiger partial charge in [-0.05, 0) is 36.6 Å². The smallest absolute Gasteiger partial charge is 0.338 e. The fraction of sp³-hybridized carbons (Fsp3) is 0.278. The van der Waals surface area contributed by atoms with Gasteiger partial charge in [0.15, 0.2) is 6.61 Å². The summed E-state index contributed by atoms with van der Waals surface area (Å²) in [5, 5.41) is 2.81. The molecule has 0 fully saturated rings. The lowest BCUT2D eigenvalue weighted by atomic mass is 10.1. The summed E-state index contributed by atoms with van der Waals surface area (Å²) < 4.78 is 4.98. The second-order valence-corrected chi connectivity index (χ2v) is 5.20. The SMILES string of the molecule is CCc1ccc([C@@H](C)NC(=O)COC(=O)c2ccncc2)cc1. The van der Waals surface area contributed by atoms with E-state index in [1.807, 2.05) is 31.2 Å². The number of esters is 1. The van der Waals surface area contributed by atoms with E-state index in [-0.39, 0.29) is 18.6 Å². The van der Waals surface area contributed by atoms with E-state index in [1.165, 1.54) is 30.1 Å². The van der Waals surface area contributed by atoms with Gasteiger partial charge in [-0.15, -0.1) is 0 Å². The molecule has 2 rings (SSSR count). The molecule has 1 N–H and O–H groups in total. The zero-order chi connectivity index (χ0) is 16.7. The predicted octanol–water partition coefficient (Wildman–Crippen LogP) is 2.68. The average Bonchev–Trinajstić information content (AvgIpc) is 2.60. The first-order chi connectivity index (χ1) is 11.1. The van der Waals surface area contributed by atoms with Crippen molar-refractivity contribution in [1.29, 1.82) is 0 Å². The van der Waals surface area contributed by atoms with Gasteiger partial charge in [0, 0.05) is 12.4 Å². The monoisotopic (exact) mass is 312 g/mol. The lowest BCUT2D eigenvalue weighted by Crippen LogP contribution is -2.31. The number of carbonyl (C=O) groups excluding carboxylic acids is 2. The van der Waals surface area contributed by atoms with Crippen LogP contribution in [-0.4, -0.2) is 23.5 Å². The lowest BCUT2D eigenvalue weighted by molar-refractivity contribution is -0.124. The van der Waals surface area contributed by atoms with Gasteiger partial charge in [-0.25, -0.2) is 4.79 Å². The summed E-state index contributed by atoms with van der Waals surface area (Å²) >= 11 is 0. The Labute approximate surface area is 135 Å². The first kappa shape index (κ1) is 16.7. The highest BCUT2D eigenvalue weighted by molar-refractivity contribution is 5.91. The molecule has 0 bridgehead atoms. The normalized spacial score (nSPS) is 11.6. The van der Waals surface area contributed by atoms with Crippen LogP contribution < -0.4 is 5.32 Å². The molecule has 1 amide bonds. The molecular formula is C18H20N2O3. The van der Waals surface area contributed by atoms with E-state index >= 15 is 0 Å². The predicted molar refractivity (Wildman–Crippen MR) is 86.9 cm³/mol. The van der Waals surface area contributed by atoms with E-state index in [1.54, 1.807) is 0 Å². The molecule has 0 saturated carbocycles. The van der Waals surface area contributed by atoms with Gasteiger partial charge in [0.05, 0.1) is 11.6 Å². The Morgan fingerprint density at radius 1 is 1.13 bits per heavy atom. The molecule has 0 aliphatic heterocycles. The average molecular weight is 312 g/mol. The summed E-state index contributed by atoms with van der Waals surface area (Å²) in [7, 11) is 0. The molecule has 1 atom stereocenters. The highest BCUT2D eigenvalue weighted by atomic mass is 16.5. The Bertz CT molecular complexity index is 654. The summed E-state index contributed by atoms with van der Waals surface area (Å²) in [6.45, 7) is 3.68. The second-order valence-electron chi connectivity index (χ2n) is 5.20. The zero-order valence-electron chi connectivity index (χ0n) is 13.3. The molecular weight excluding hydrogens is 292 g/mol. The van der Waals surface area contributed by atoms with Gasteiger partial charge in [-0.2, -0.15) is 0 Å². The Balaban J connectivity index is 1.83. The van der Waals surface area contributed by atoms with Crippen molar-refractivity contribution >= 4 is 11.9 Å². The van der Waals surface area contributed by atoms with Crippen LogP contribution in [0.15, 0.2) is 48.8 Å². The highest BCUT2D eigenvalue weighted by Gasteiger charge is 2.13. The van der Waals surface area contributed by atoms with E-state index in [0.717, 1.165) is 12.0 Å². The van der Waals surface area contributed by atoms with Gasteiger partial charge in [0.25, 0.3) is 5.91 Å². The minimum absolute atomic E-state index is 0.145. The van der Waals surface area contributed by atoms with Crippen molar-refractivity contribution in [3.05, 3.63) is 65.5 Å². The number of rotatable bonds is 6. The van der Waals surface area contributed by atoms with E-state index in [0.29, 0.717) is 5.56 Å². The molecule has 1 aromatic heterocycles. The van der Waals surface area contributed by atoms with Crippen LogP contribution in [0.2, 0.25) is 0 Å². The Morgan fingerprint density at radius 2 is 1.78 bits per heavy atom. The molecule has 0 radical (unpaired) electrons. The maximum Gasteiger partial charge on any atom is 0.338 e. The molecule has 0 aliphatic carbocycles. The second kappa shape index (κ2) is 8.08. The van der Waals surface area contributed by atoms with Crippen molar-refractivity contribution in [3.63, 3.8) is 0 Å². The summed E-state index contributed by atoms with van der Waals surface area (Å²) in [4.78, 5) is 27.5. The van der Waals surface area contributed by atoms with Crippen molar-refractivity contribution < 1.29 is 14.3 Å². The van der Waals surface area contributed by atoms with E-state index in [4.69, 9.17) is 4.74 Å². The van der Waals surface area contributed by atoms with Crippen LogP contribution in [0.5, 0.6) is 0 Å². The number of aromatic nitrogens is 1. The van der Waals surface area contributed by atoms with Gasteiger partial charge in [-0.3, -0.25) is 9.78 Å². The van der Waals surface area contributed by atoms with Crippen molar-refractivity contribution in [2.75, 3.05) is 6.61 Å². The first-order valence-electron chi connectivity index (χ1n) is 7.55. The third-order valence-electron chi connectivity index (χ3n) is 3.52. The Kier molecular flexibility index (Phi) is 5.86. The van der Waals surface area contributed by atoms with Crippen LogP contribution in [0.25, 0.3) is 0 Å². The molecule has 1 aromatic carbocycles. The lowest BCUT2D eigenvalue weighted by Gasteiger charge is -2.15. The van der Waals surface area contributed by atoms with Gasteiger partial charge in [0.2, 0.25) is 0 Å². The molecule has 5 heteroatoms. The van der Waals surface area contributed by atoms with Gasteiger partial charge >= 0.3 is 5.97 Å².